The van der Waals surface area contributed by atoms with Crippen LogP contribution in [0.1, 0.15) is 30.4 Å². The van der Waals surface area contributed by atoms with Crippen molar-refractivity contribution in [3.05, 3.63) is 35.5 Å². The quantitative estimate of drug-likeness (QED) is 0.610. The number of esters is 1. The van der Waals surface area contributed by atoms with E-state index in [1.807, 2.05) is 0 Å². The number of likely N-dealkylation sites (tertiary alicyclic amines) is 1. The molecule has 0 radical (unpaired) electrons. The summed E-state index contributed by atoms with van der Waals surface area (Å²) in [4.78, 5) is 15.1. The van der Waals surface area contributed by atoms with E-state index in [4.69, 9.17) is 9.47 Å². The van der Waals surface area contributed by atoms with Crippen LogP contribution in [0.5, 0.6) is 0 Å². The third-order valence-electron chi connectivity index (χ3n) is 6.15. The van der Waals surface area contributed by atoms with Gasteiger partial charge in [0, 0.05) is 49.8 Å². The summed E-state index contributed by atoms with van der Waals surface area (Å²) in [7, 11) is 3.75. The van der Waals surface area contributed by atoms with Gasteiger partial charge in [0.15, 0.2) is 0 Å². The molecule has 2 aromatic rings. The Kier molecular flexibility index (Phi) is 4.76. The average Bonchev–Trinajstić information content (AvgIpc) is 2.98. The second kappa shape index (κ2) is 7.05. The number of nitrogens with zero attached hydrogens (tertiary/aromatic N) is 2. The Morgan fingerprint density at radius 3 is 2.92 bits per heavy atom. The zero-order chi connectivity index (χ0) is 18.3. The number of aromatic nitrogens is 1. The SMILES string of the molecule is CCN1C[C@H](C(=O)OCCOC)CC2c3cccc4c3c(cn4C)C[C@H]21. The van der Waals surface area contributed by atoms with Gasteiger partial charge in [-0.15, -0.1) is 0 Å². The van der Waals surface area contributed by atoms with Crippen molar-refractivity contribution < 1.29 is 14.3 Å². The number of benzene rings is 1. The highest BCUT2D eigenvalue weighted by Gasteiger charge is 2.42. The smallest absolute Gasteiger partial charge is 0.310 e. The van der Waals surface area contributed by atoms with Crippen LogP contribution in [0, 0.1) is 5.92 Å². The van der Waals surface area contributed by atoms with Crippen molar-refractivity contribution in [3.63, 3.8) is 0 Å². The molecule has 1 aromatic heterocycles. The summed E-state index contributed by atoms with van der Waals surface area (Å²) in [5.74, 6) is 0.251. The van der Waals surface area contributed by atoms with Crippen molar-refractivity contribution in [3.8, 4) is 0 Å². The molecule has 4 rings (SSSR count). The van der Waals surface area contributed by atoms with E-state index in [0.29, 0.717) is 25.2 Å². The molecule has 0 bridgehead atoms. The molecule has 0 amide bonds. The predicted molar refractivity (Wildman–Crippen MR) is 101 cm³/mol. The largest absolute Gasteiger partial charge is 0.463 e. The van der Waals surface area contributed by atoms with Gasteiger partial charge < -0.3 is 14.0 Å². The van der Waals surface area contributed by atoms with Gasteiger partial charge in [-0.2, -0.15) is 0 Å². The van der Waals surface area contributed by atoms with Crippen molar-refractivity contribution in [1.29, 1.82) is 0 Å². The molecule has 0 saturated carbocycles. The molecule has 0 spiro atoms. The molecule has 5 nitrogen and oxygen atoms in total. The van der Waals surface area contributed by atoms with Crippen molar-refractivity contribution >= 4 is 16.9 Å². The van der Waals surface area contributed by atoms with Gasteiger partial charge in [0.2, 0.25) is 0 Å². The molecule has 0 N–H and O–H groups in total. The summed E-state index contributed by atoms with van der Waals surface area (Å²) in [6.45, 7) is 4.73. The van der Waals surface area contributed by atoms with Crippen LogP contribution in [0.25, 0.3) is 10.9 Å². The Labute approximate surface area is 154 Å². The molecular formula is C21H28N2O3. The van der Waals surface area contributed by atoms with Gasteiger partial charge in [-0.1, -0.05) is 19.1 Å². The molecule has 2 aliphatic rings. The number of likely N-dealkylation sites (N-methyl/N-ethyl adjacent to an activating group) is 1. The van der Waals surface area contributed by atoms with Crippen LogP contribution in [0.15, 0.2) is 24.4 Å². The fraction of sp³-hybridized carbons (Fsp3) is 0.571. The van der Waals surface area contributed by atoms with Crippen LogP contribution < -0.4 is 0 Å². The van der Waals surface area contributed by atoms with Gasteiger partial charge in [0.25, 0.3) is 0 Å². The summed E-state index contributed by atoms with van der Waals surface area (Å²) >= 11 is 0. The standard InChI is InChI=1S/C21H28N2O3/c1-4-23-13-15(21(24)26-9-8-25-3)10-17-16-6-5-7-18-20(16)14(11-19(17)23)12-22(18)2/h5-7,12,15,17,19H,4,8-11,13H2,1-3H3/t15-,17?,19-/m1/s1. The lowest BCUT2D eigenvalue weighted by Crippen LogP contribution is -2.51. The van der Waals surface area contributed by atoms with Crippen LogP contribution in [0.4, 0.5) is 0 Å². The van der Waals surface area contributed by atoms with E-state index in [1.165, 1.54) is 22.0 Å². The second-order valence-corrected chi connectivity index (χ2v) is 7.57. The Morgan fingerprint density at radius 2 is 2.15 bits per heavy atom. The molecule has 1 fully saturated rings. The maximum atomic E-state index is 12.6. The average molecular weight is 356 g/mol. The second-order valence-electron chi connectivity index (χ2n) is 7.57. The molecule has 1 aromatic carbocycles. The number of carbonyl (C=O) groups is 1. The third-order valence-corrected chi connectivity index (χ3v) is 6.15. The lowest BCUT2D eigenvalue weighted by atomic mass is 9.72. The highest BCUT2D eigenvalue weighted by molar-refractivity contribution is 5.89. The summed E-state index contributed by atoms with van der Waals surface area (Å²) in [6, 6.07) is 7.08. The first-order valence-electron chi connectivity index (χ1n) is 9.60. The van der Waals surface area contributed by atoms with Crippen LogP contribution in [0.3, 0.4) is 0 Å². The van der Waals surface area contributed by atoms with E-state index in [-0.39, 0.29) is 11.9 Å². The highest BCUT2D eigenvalue weighted by atomic mass is 16.6. The number of fused-ring (bicyclic) bond motifs is 2. The first-order chi connectivity index (χ1) is 12.6. The van der Waals surface area contributed by atoms with Gasteiger partial charge in [-0.05, 0) is 36.6 Å². The lowest BCUT2D eigenvalue weighted by Gasteiger charge is -2.46. The van der Waals surface area contributed by atoms with Crippen molar-refractivity contribution in [2.45, 2.75) is 31.7 Å². The van der Waals surface area contributed by atoms with Gasteiger partial charge >= 0.3 is 5.97 Å². The van der Waals surface area contributed by atoms with Crippen molar-refractivity contribution in [1.82, 2.24) is 9.47 Å². The van der Waals surface area contributed by atoms with E-state index in [2.05, 4.69) is 47.8 Å². The van der Waals surface area contributed by atoms with E-state index >= 15 is 0 Å². The number of aryl methyl sites for hydroxylation is 1. The predicted octanol–water partition coefficient (Wildman–Crippen LogP) is 2.72. The molecule has 1 aliphatic heterocycles. The molecule has 5 heteroatoms. The minimum atomic E-state index is -0.0787. The molecule has 26 heavy (non-hydrogen) atoms. The molecule has 1 unspecified atom stereocenters. The Balaban J connectivity index is 1.65. The number of rotatable bonds is 5. The Hall–Kier alpha value is -1.85. The van der Waals surface area contributed by atoms with Gasteiger partial charge in [-0.25, -0.2) is 0 Å². The zero-order valence-corrected chi connectivity index (χ0v) is 15.9. The van der Waals surface area contributed by atoms with Gasteiger partial charge in [0.05, 0.1) is 12.5 Å². The van der Waals surface area contributed by atoms with Gasteiger partial charge in [0.1, 0.15) is 6.61 Å². The minimum Gasteiger partial charge on any atom is -0.463 e. The number of piperidine rings is 1. The molecular weight excluding hydrogens is 328 g/mol. The Morgan fingerprint density at radius 1 is 1.31 bits per heavy atom. The normalized spacial score (nSPS) is 25.3. The summed E-state index contributed by atoms with van der Waals surface area (Å²) in [5.41, 5.74) is 4.14. The zero-order valence-electron chi connectivity index (χ0n) is 15.9. The topological polar surface area (TPSA) is 43.7 Å². The van der Waals surface area contributed by atoms with Crippen LogP contribution in [-0.2, 0) is 27.7 Å². The first-order valence-corrected chi connectivity index (χ1v) is 9.60. The number of hydrogen-bond acceptors (Lipinski definition) is 4. The van der Waals surface area contributed by atoms with E-state index < -0.39 is 0 Å². The highest BCUT2D eigenvalue weighted by Crippen LogP contribution is 2.45. The molecule has 2 heterocycles. The molecule has 140 valence electrons. The summed E-state index contributed by atoms with van der Waals surface area (Å²) < 4.78 is 12.7. The third kappa shape index (κ3) is 2.83. The number of methoxy groups -OCH3 is 1. The number of carbonyl (C=O) groups excluding carboxylic acids is 1. The van der Waals surface area contributed by atoms with Crippen molar-refractivity contribution in [2.24, 2.45) is 13.0 Å². The van der Waals surface area contributed by atoms with Gasteiger partial charge in [-0.3, -0.25) is 9.69 Å². The fourth-order valence-corrected chi connectivity index (χ4v) is 4.95. The van der Waals surface area contributed by atoms with Crippen molar-refractivity contribution in [2.75, 3.05) is 33.4 Å². The maximum absolute atomic E-state index is 12.6. The molecule has 1 aliphatic carbocycles. The molecule has 3 atom stereocenters. The Bertz CT molecular complexity index is 813. The van der Waals surface area contributed by atoms with Crippen LogP contribution >= 0.6 is 0 Å². The number of ether oxygens (including phenoxy) is 2. The van der Waals surface area contributed by atoms with E-state index in [9.17, 15) is 4.79 Å². The minimum absolute atomic E-state index is 0.0615. The summed E-state index contributed by atoms with van der Waals surface area (Å²) in [6.07, 6.45) is 4.22. The monoisotopic (exact) mass is 356 g/mol. The molecule has 1 saturated heterocycles. The first kappa shape index (κ1) is 17.6. The fourth-order valence-electron chi connectivity index (χ4n) is 4.95. The lowest BCUT2D eigenvalue weighted by molar-refractivity contribution is -0.152. The van der Waals surface area contributed by atoms with Crippen LogP contribution in [-0.4, -0.2) is 54.9 Å². The number of hydrogen-bond donors (Lipinski definition) is 0. The van der Waals surface area contributed by atoms with E-state index in [0.717, 1.165) is 25.9 Å². The summed E-state index contributed by atoms with van der Waals surface area (Å²) in [5, 5.41) is 1.40. The maximum Gasteiger partial charge on any atom is 0.310 e. The van der Waals surface area contributed by atoms with Crippen LogP contribution in [0.2, 0.25) is 0 Å². The van der Waals surface area contributed by atoms with E-state index in [1.54, 1.807) is 7.11 Å².